The van der Waals surface area contributed by atoms with Gasteiger partial charge in [0.1, 0.15) is 11.9 Å². The van der Waals surface area contributed by atoms with Crippen molar-refractivity contribution >= 4 is 39.9 Å². The molecule has 186 valence electrons. The molecule has 0 bridgehead atoms. The van der Waals surface area contributed by atoms with Gasteiger partial charge in [-0.2, -0.15) is 0 Å². The second-order valence-electron chi connectivity index (χ2n) is 10.2. The predicted octanol–water partition coefficient (Wildman–Crippen LogP) is 4.63. The van der Waals surface area contributed by atoms with Crippen LogP contribution in [0.3, 0.4) is 0 Å². The molecule has 1 saturated heterocycles. The minimum absolute atomic E-state index is 0.0286. The summed E-state index contributed by atoms with van der Waals surface area (Å²) in [6, 6.07) is 15.1. The highest BCUT2D eigenvalue weighted by atomic mass is 16.5. The first-order valence-corrected chi connectivity index (χ1v) is 13.0. The molecule has 3 aromatic rings. The second kappa shape index (κ2) is 9.50. The van der Waals surface area contributed by atoms with Crippen molar-refractivity contribution in [2.75, 3.05) is 29.2 Å². The normalized spacial score (nSPS) is 20.1. The topological polar surface area (TPSA) is 105 Å². The van der Waals surface area contributed by atoms with Crippen molar-refractivity contribution < 1.29 is 14.3 Å². The van der Waals surface area contributed by atoms with Crippen molar-refractivity contribution in [1.29, 1.82) is 0 Å². The number of nitrogens with zero attached hydrogens (tertiary/aromatic N) is 2. The number of aromatic nitrogens is 2. The molecule has 1 saturated carbocycles. The number of carbonyl (C=O) groups excluding carboxylic acids is 2. The lowest BCUT2D eigenvalue weighted by atomic mass is 9.75. The highest BCUT2D eigenvalue weighted by molar-refractivity contribution is 6.07. The van der Waals surface area contributed by atoms with E-state index in [1.807, 2.05) is 48.5 Å². The van der Waals surface area contributed by atoms with Gasteiger partial charge in [0.2, 0.25) is 11.8 Å². The Balaban J connectivity index is 1.24. The number of hydrogen-bond acceptors (Lipinski definition) is 6. The van der Waals surface area contributed by atoms with E-state index in [2.05, 4.69) is 26.1 Å². The van der Waals surface area contributed by atoms with E-state index in [0.29, 0.717) is 37.6 Å². The molecule has 36 heavy (non-hydrogen) atoms. The first-order valence-electron chi connectivity index (χ1n) is 13.0. The maximum atomic E-state index is 13.6. The highest BCUT2D eigenvalue weighted by Crippen LogP contribution is 2.45. The van der Waals surface area contributed by atoms with Gasteiger partial charge in [-0.15, -0.1) is 10.2 Å². The van der Waals surface area contributed by atoms with Crippen LogP contribution in [0.4, 0.5) is 17.2 Å². The number of amides is 2. The third-order valence-electron chi connectivity index (χ3n) is 8.03. The van der Waals surface area contributed by atoms with E-state index in [4.69, 9.17) is 4.74 Å². The van der Waals surface area contributed by atoms with Crippen LogP contribution in [0, 0.1) is 5.92 Å². The van der Waals surface area contributed by atoms with Gasteiger partial charge in [0.25, 0.3) is 0 Å². The van der Waals surface area contributed by atoms with Crippen LogP contribution in [0.5, 0.6) is 0 Å². The fourth-order valence-corrected chi connectivity index (χ4v) is 6.02. The summed E-state index contributed by atoms with van der Waals surface area (Å²) in [7, 11) is 0. The van der Waals surface area contributed by atoms with Gasteiger partial charge in [0.05, 0.1) is 10.9 Å². The first kappa shape index (κ1) is 22.9. The van der Waals surface area contributed by atoms with Crippen LogP contribution in [0.1, 0.15) is 50.5 Å². The van der Waals surface area contributed by atoms with Crippen molar-refractivity contribution in [3.63, 3.8) is 0 Å². The van der Waals surface area contributed by atoms with Crippen molar-refractivity contribution in [2.24, 2.45) is 5.92 Å². The summed E-state index contributed by atoms with van der Waals surface area (Å²) in [6.07, 6.45) is 6.80. The van der Waals surface area contributed by atoms with Crippen LogP contribution in [0.25, 0.3) is 10.9 Å². The molecule has 6 rings (SSSR count). The molecule has 8 nitrogen and oxygen atoms in total. The molecule has 3 heterocycles. The van der Waals surface area contributed by atoms with Crippen LogP contribution in [0.15, 0.2) is 48.5 Å². The van der Waals surface area contributed by atoms with Crippen molar-refractivity contribution in [2.45, 2.75) is 56.4 Å². The smallest absolute Gasteiger partial charge is 0.247 e. The van der Waals surface area contributed by atoms with Gasteiger partial charge >= 0.3 is 0 Å². The molecule has 2 aromatic carbocycles. The summed E-state index contributed by atoms with van der Waals surface area (Å²) in [5, 5.41) is 19.2. The van der Waals surface area contributed by atoms with Gasteiger partial charge in [-0.3, -0.25) is 9.59 Å². The predicted molar refractivity (Wildman–Crippen MR) is 139 cm³/mol. The second-order valence-corrected chi connectivity index (χ2v) is 10.2. The molecule has 1 aliphatic carbocycles. The Hall–Kier alpha value is -3.52. The quantitative estimate of drug-likeness (QED) is 0.487. The Morgan fingerprint density at radius 2 is 1.83 bits per heavy atom. The Labute approximate surface area is 210 Å². The molecular formula is C28H31N5O3. The van der Waals surface area contributed by atoms with E-state index >= 15 is 0 Å². The summed E-state index contributed by atoms with van der Waals surface area (Å²) < 4.78 is 5.50. The Morgan fingerprint density at radius 3 is 2.67 bits per heavy atom. The van der Waals surface area contributed by atoms with Gasteiger partial charge in [0.15, 0.2) is 0 Å². The summed E-state index contributed by atoms with van der Waals surface area (Å²) in [5.74, 6) is 0.747. The van der Waals surface area contributed by atoms with Gasteiger partial charge in [-0.25, -0.2) is 0 Å². The molecule has 0 radical (unpaired) electrons. The monoisotopic (exact) mass is 485 g/mol. The third-order valence-corrected chi connectivity index (χ3v) is 8.03. The van der Waals surface area contributed by atoms with Crippen LogP contribution in [0.2, 0.25) is 0 Å². The number of hydrogen-bond donors (Lipinski definition) is 3. The lowest BCUT2D eigenvalue weighted by Crippen LogP contribution is -2.42. The number of anilines is 3. The molecule has 1 atom stereocenters. The first-order chi connectivity index (χ1) is 17.6. The van der Waals surface area contributed by atoms with E-state index in [1.165, 1.54) is 6.42 Å². The zero-order valence-corrected chi connectivity index (χ0v) is 20.3. The zero-order valence-electron chi connectivity index (χ0n) is 20.3. The fourth-order valence-electron chi connectivity index (χ4n) is 6.02. The number of ether oxygens (including phenoxy) is 1. The molecule has 1 unspecified atom stereocenters. The van der Waals surface area contributed by atoms with Gasteiger partial charge < -0.3 is 20.7 Å². The molecule has 2 aliphatic heterocycles. The van der Waals surface area contributed by atoms with E-state index in [-0.39, 0.29) is 17.7 Å². The summed E-state index contributed by atoms with van der Waals surface area (Å²) >= 11 is 0. The fraction of sp³-hybridized carbons (Fsp3) is 0.429. The average molecular weight is 486 g/mol. The van der Waals surface area contributed by atoms with Crippen molar-refractivity contribution in [1.82, 2.24) is 10.2 Å². The molecule has 1 spiro atoms. The number of fused-ring (bicyclic) bond motifs is 3. The maximum Gasteiger partial charge on any atom is 0.247 e. The number of nitrogens with one attached hydrogen (secondary N) is 3. The minimum Gasteiger partial charge on any atom is -0.381 e. The van der Waals surface area contributed by atoms with Crippen molar-refractivity contribution in [3.05, 3.63) is 54.1 Å². The Bertz CT molecular complexity index is 1300. The molecule has 3 N–H and O–H groups in total. The van der Waals surface area contributed by atoms with Crippen LogP contribution >= 0.6 is 0 Å². The third kappa shape index (κ3) is 4.19. The lowest BCUT2D eigenvalue weighted by molar-refractivity contribution is -0.124. The minimum atomic E-state index is -0.517. The largest absolute Gasteiger partial charge is 0.381 e. The van der Waals surface area contributed by atoms with E-state index in [0.717, 1.165) is 47.8 Å². The lowest BCUT2D eigenvalue weighted by Gasteiger charge is -2.31. The summed E-state index contributed by atoms with van der Waals surface area (Å²) in [5.41, 5.74) is 2.76. The van der Waals surface area contributed by atoms with E-state index in [1.54, 1.807) is 0 Å². The van der Waals surface area contributed by atoms with Gasteiger partial charge in [-0.05, 0) is 61.4 Å². The molecule has 2 fully saturated rings. The highest BCUT2D eigenvalue weighted by Gasteiger charge is 2.47. The number of rotatable bonds is 5. The van der Waals surface area contributed by atoms with Gasteiger partial charge in [-0.1, -0.05) is 43.5 Å². The average Bonchev–Trinajstić information content (AvgIpc) is 3.17. The standard InChI is InChI=1S/C28H31N5O3/c34-26(29-20-10-11-21-23(17-20)30-27(35)28(21)12-14-36-15-13-28)25(18-6-2-1-3-7-18)31-24-16-19-8-4-5-9-22(19)32-33-24/h4-5,8-11,16-18,25H,1-3,6-7,12-15H2,(H,29,34)(H,30,35)(H,31,33). The molecule has 2 amide bonds. The SMILES string of the molecule is O=C(Nc1ccc2c(c1)NC(=O)C21CCOCC1)C(Nc1cc2ccccc2nn1)C1CCCCC1. The van der Waals surface area contributed by atoms with E-state index in [9.17, 15) is 9.59 Å². The molecule has 3 aliphatic rings. The maximum absolute atomic E-state index is 13.6. The Kier molecular flexibility index (Phi) is 6.05. The zero-order chi connectivity index (χ0) is 24.5. The van der Waals surface area contributed by atoms with Crippen LogP contribution < -0.4 is 16.0 Å². The number of carbonyl (C=O) groups is 2. The molecule has 8 heteroatoms. The van der Waals surface area contributed by atoms with Gasteiger partial charge in [0, 0.05) is 30.0 Å². The number of benzene rings is 2. The summed E-state index contributed by atoms with van der Waals surface area (Å²) in [4.78, 5) is 26.5. The van der Waals surface area contributed by atoms with Crippen LogP contribution in [-0.4, -0.2) is 41.3 Å². The van der Waals surface area contributed by atoms with Crippen molar-refractivity contribution in [3.8, 4) is 0 Å². The summed E-state index contributed by atoms with van der Waals surface area (Å²) in [6.45, 7) is 1.16. The van der Waals surface area contributed by atoms with Crippen LogP contribution in [-0.2, 0) is 19.7 Å². The Morgan fingerprint density at radius 1 is 1.03 bits per heavy atom. The van der Waals surface area contributed by atoms with E-state index < -0.39 is 11.5 Å². The molecule has 1 aromatic heterocycles. The molecular weight excluding hydrogens is 454 g/mol.